The first-order valence-corrected chi connectivity index (χ1v) is 15.7. The number of hydrogen-bond donors (Lipinski definition) is 2. The lowest BCUT2D eigenvalue weighted by molar-refractivity contribution is -0.118. The van der Waals surface area contributed by atoms with Crippen LogP contribution in [0.15, 0.2) is 60.7 Å². The van der Waals surface area contributed by atoms with E-state index in [-0.39, 0.29) is 42.5 Å². The van der Waals surface area contributed by atoms with Gasteiger partial charge in [-0.3, -0.25) is 14.5 Å². The molecule has 6 nitrogen and oxygen atoms in total. The molecule has 6 heteroatoms. The number of carbonyl (C=O) groups is 2. The molecule has 4 aromatic rings. The lowest BCUT2D eigenvalue weighted by atomic mass is 9.57. The van der Waals surface area contributed by atoms with Crippen molar-refractivity contribution in [1.82, 2.24) is 0 Å². The summed E-state index contributed by atoms with van der Waals surface area (Å²) in [6.45, 7) is 10.8. The molecule has 8 rings (SSSR count). The van der Waals surface area contributed by atoms with Gasteiger partial charge in [-0.2, -0.15) is 0 Å². The number of nitrogens with one attached hydrogen (secondary N) is 1. The van der Waals surface area contributed by atoms with Crippen LogP contribution in [-0.4, -0.2) is 34.2 Å². The monoisotopic (exact) mass is 589 g/mol. The molecule has 44 heavy (non-hydrogen) atoms. The molecule has 3 heterocycles. The zero-order valence-corrected chi connectivity index (χ0v) is 25.6. The highest BCUT2D eigenvalue weighted by atomic mass is 16.3. The Bertz CT molecular complexity index is 1870. The molecule has 2 N–H and O–H groups in total. The summed E-state index contributed by atoms with van der Waals surface area (Å²) >= 11 is 0. The number of fused-ring (bicyclic) bond motifs is 3. The van der Waals surface area contributed by atoms with Gasteiger partial charge in [0.25, 0.3) is 0 Å². The van der Waals surface area contributed by atoms with Crippen molar-refractivity contribution < 1.29 is 14.7 Å². The minimum absolute atomic E-state index is 0. The normalized spacial score (nSPS) is 28.6. The molecule has 1 aliphatic carbocycles. The Labute approximate surface area is 260 Å². The van der Waals surface area contributed by atoms with Crippen molar-refractivity contribution in [2.45, 2.75) is 96.9 Å². The van der Waals surface area contributed by atoms with Crippen LogP contribution in [0.1, 0.15) is 89.3 Å². The fourth-order valence-electron chi connectivity index (χ4n) is 9.00. The molecule has 0 bridgehead atoms. The minimum atomic E-state index is -0.554. The van der Waals surface area contributed by atoms with E-state index in [0.29, 0.717) is 12.8 Å². The smallest absolute Gasteiger partial charge is 0.229 e. The number of benzene rings is 4. The largest absolute Gasteiger partial charge is 0.392 e. The first-order chi connectivity index (χ1) is 20.5. The molecule has 0 radical (unpaired) electrons. The zero-order valence-electron chi connectivity index (χ0n) is 25.6. The quantitative estimate of drug-likeness (QED) is 0.254. The van der Waals surface area contributed by atoms with Crippen molar-refractivity contribution in [3.63, 3.8) is 0 Å². The summed E-state index contributed by atoms with van der Waals surface area (Å²) in [7, 11) is 0. The van der Waals surface area contributed by atoms with Crippen LogP contribution in [0, 0.1) is 12.8 Å². The summed E-state index contributed by atoms with van der Waals surface area (Å²) in [5.74, 6) is 0.461. The van der Waals surface area contributed by atoms with E-state index in [9.17, 15) is 14.7 Å². The Kier molecular flexibility index (Phi) is 6.26. The third kappa shape index (κ3) is 3.70. The third-order valence-corrected chi connectivity index (χ3v) is 11.2. The van der Waals surface area contributed by atoms with Crippen LogP contribution in [0.2, 0.25) is 0 Å². The molecule has 0 aromatic heterocycles. The molecular formula is C38H43N3O3. The van der Waals surface area contributed by atoms with Crippen LogP contribution in [-0.2, 0) is 9.59 Å². The third-order valence-electron chi connectivity index (χ3n) is 11.2. The summed E-state index contributed by atoms with van der Waals surface area (Å²) in [5.41, 5.74) is 5.77. The molecule has 4 aliphatic rings. The SMILES string of the molecule is C.Cc1ccc(C2C(C)C(c3ccc4c5c(cccc35)N3C(=O)CCC3(C)N4)C2O)c2cccc(N3C(=O)CCC3(C)C)c12. The van der Waals surface area contributed by atoms with E-state index < -0.39 is 11.8 Å². The van der Waals surface area contributed by atoms with E-state index in [1.165, 1.54) is 0 Å². The molecule has 3 aliphatic heterocycles. The maximum Gasteiger partial charge on any atom is 0.229 e. The fourth-order valence-corrected chi connectivity index (χ4v) is 9.00. The topological polar surface area (TPSA) is 72.9 Å². The van der Waals surface area contributed by atoms with Crippen molar-refractivity contribution in [2.24, 2.45) is 5.92 Å². The second-order valence-electron chi connectivity index (χ2n) is 14.1. The van der Waals surface area contributed by atoms with Gasteiger partial charge in [-0.1, -0.05) is 56.8 Å². The molecule has 5 atom stereocenters. The predicted octanol–water partition coefficient (Wildman–Crippen LogP) is 7.99. The lowest BCUT2D eigenvalue weighted by Gasteiger charge is -2.50. The summed E-state index contributed by atoms with van der Waals surface area (Å²) in [5, 5.41) is 20.0. The van der Waals surface area contributed by atoms with Crippen molar-refractivity contribution in [2.75, 3.05) is 15.1 Å². The maximum atomic E-state index is 13.1. The van der Waals surface area contributed by atoms with Gasteiger partial charge < -0.3 is 15.3 Å². The molecule has 5 unspecified atom stereocenters. The van der Waals surface area contributed by atoms with Crippen LogP contribution in [0.25, 0.3) is 21.5 Å². The maximum absolute atomic E-state index is 13.1. The first kappa shape index (κ1) is 28.8. The minimum Gasteiger partial charge on any atom is -0.392 e. The van der Waals surface area contributed by atoms with Crippen LogP contribution in [0.3, 0.4) is 0 Å². The number of hydrogen-bond acceptors (Lipinski definition) is 4. The highest BCUT2D eigenvalue weighted by Crippen LogP contribution is 2.57. The van der Waals surface area contributed by atoms with E-state index in [4.69, 9.17) is 0 Å². The fraction of sp³-hybridized carbons (Fsp3) is 0.421. The molecule has 228 valence electrons. The number of aliphatic hydroxyl groups excluding tert-OH is 1. The number of nitrogens with zero attached hydrogens (tertiary/aromatic N) is 2. The highest BCUT2D eigenvalue weighted by molar-refractivity contribution is 6.14. The van der Waals surface area contributed by atoms with Gasteiger partial charge >= 0.3 is 0 Å². The number of aliphatic hydroxyl groups is 1. The Hall–Kier alpha value is -3.90. The van der Waals surface area contributed by atoms with Gasteiger partial charge in [-0.15, -0.1) is 0 Å². The van der Waals surface area contributed by atoms with E-state index in [2.05, 4.69) is 94.5 Å². The van der Waals surface area contributed by atoms with E-state index in [1.807, 2.05) is 15.9 Å². The standard InChI is InChI=1S/C37H39N3O3.CH4/c1-20-12-13-24(22-8-6-10-27(31(20)22)39-29(41)16-18-36(39,3)4)32-21(2)33(35(32)43)25-14-15-26-34-23(25)9-7-11-28(34)40-30(42)17-19-37(40,5)38-26;/h6-15,21,32-33,35,38,43H,16-19H2,1-5H3;1H4. The Balaban J connectivity index is 0.00000312. The van der Waals surface area contributed by atoms with Gasteiger partial charge in [0.1, 0.15) is 5.66 Å². The Morgan fingerprint density at radius 2 is 1.34 bits per heavy atom. The van der Waals surface area contributed by atoms with Crippen LogP contribution >= 0.6 is 0 Å². The van der Waals surface area contributed by atoms with Crippen molar-refractivity contribution in [1.29, 1.82) is 0 Å². The summed E-state index contributed by atoms with van der Waals surface area (Å²) in [6.07, 6.45) is 2.17. The second kappa shape index (κ2) is 9.55. The molecule has 0 spiro atoms. The first-order valence-electron chi connectivity index (χ1n) is 15.7. The average Bonchev–Trinajstić information content (AvgIpc) is 3.44. The zero-order chi connectivity index (χ0) is 30.0. The number of carbonyl (C=O) groups excluding carboxylic acids is 2. The van der Waals surface area contributed by atoms with Crippen LogP contribution in [0.4, 0.5) is 17.1 Å². The number of rotatable bonds is 3. The van der Waals surface area contributed by atoms with Crippen molar-refractivity contribution in [3.8, 4) is 0 Å². The predicted molar refractivity (Wildman–Crippen MR) is 180 cm³/mol. The Morgan fingerprint density at radius 3 is 1.95 bits per heavy atom. The van der Waals surface area contributed by atoms with Gasteiger partial charge in [0.05, 0.1) is 17.5 Å². The van der Waals surface area contributed by atoms with Gasteiger partial charge in [-0.25, -0.2) is 0 Å². The average molecular weight is 590 g/mol. The molecule has 3 fully saturated rings. The van der Waals surface area contributed by atoms with Gasteiger partial charge in [-0.05, 0) is 92.1 Å². The number of anilines is 3. The number of amides is 2. The van der Waals surface area contributed by atoms with E-state index >= 15 is 0 Å². The lowest BCUT2D eigenvalue weighted by Crippen LogP contribution is -2.51. The van der Waals surface area contributed by atoms with Crippen molar-refractivity contribution >= 4 is 50.4 Å². The molecule has 1 saturated carbocycles. The van der Waals surface area contributed by atoms with Gasteiger partial charge in [0, 0.05) is 46.7 Å². The van der Waals surface area contributed by atoms with E-state index in [1.54, 1.807) is 0 Å². The Morgan fingerprint density at radius 1 is 0.773 bits per heavy atom. The van der Waals surface area contributed by atoms with Gasteiger partial charge in [0.15, 0.2) is 0 Å². The van der Waals surface area contributed by atoms with Crippen LogP contribution in [0.5, 0.6) is 0 Å². The number of aryl methyl sites for hydroxylation is 1. The van der Waals surface area contributed by atoms with Crippen LogP contribution < -0.4 is 15.1 Å². The summed E-state index contributed by atoms with van der Waals surface area (Å²) in [6, 6.07) is 21.2. The molecular weight excluding hydrogens is 546 g/mol. The molecule has 2 saturated heterocycles. The van der Waals surface area contributed by atoms with Gasteiger partial charge in [0.2, 0.25) is 11.8 Å². The molecule has 4 aromatic carbocycles. The summed E-state index contributed by atoms with van der Waals surface area (Å²) in [4.78, 5) is 30.0. The van der Waals surface area contributed by atoms with E-state index in [0.717, 1.165) is 68.1 Å². The van der Waals surface area contributed by atoms with Crippen molar-refractivity contribution in [3.05, 3.63) is 77.4 Å². The summed E-state index contributed by atoms with van der Waals surface area (Å²) < 4.78 is 0. The second-order valence-corrected chi connectivity index (χ2v) is 14.1. The molecule has 2 amide bonds. The highest BCUT2D eigenvalue weighted by Gasteiger charge is 2.51.